The smallest absolute Gasteiger partial charge is 0.429 e. The van der Waals surface area contributed by atoms with Crippen LogP contribution < -0.4 is 4.74 Å². The Morgan fingerprint density at radius 2 is 1.40 bits per heavy atom. The first kappa shape index (κ1) is 19.1. The molecule has 0 aliphatic rings. The maximum atomic E-state index is 14.1. The van der Waals surface area contributed by atoms with Crippen LogP contribution in [0, 0.1) is 30.2 Å². The van der Waals surface area contributed by atoms with Crippen molar-refractivity contribution in [3.05, 3.63) is 64.2 Å². The Morgan fingerprint density at radius 1 is 0.920 bits per heavy atom. The van der Waals surface area contributed by atoms with Gasteiger partial charge in [-0.15, -0.1) is 0 Å². The summed E-state index contributed by atoms with van der Waals surface area (Å²) in [5.41, 5.74) is -2.30. The summed E-state index contributed by atoms with van der Waals surface area (Å²) in [6, 6.07) is 2.08. The lowest BCUT2D eigenvalue weighted by Crippen LogP contribution is -2.25. The van der Waals surface area contributed by atoms with Crippen LogP contribution in [0.5, 0.6) is 5.75 Å². The van der Waals surface area contributed by atoms with Gasteiger partial charge in [0.05, 0.1) is 6.67 Å². The minimum Gasteiger partial charge on any atom is -0.429 e. The summed E-state index contributed by atoms with van der Waals surface area (Å²) in [5.74, 6) is -7.46. The molecule has 1 unspecified atom stereocenters. The molecule has 0 bridgehead atoms. The van der Waals surface area contributed by atoms with E-state index >= 15 is 0 Å². The van der Waals surface area contributed by atoms with E-state index in [-0.39, 0.29) is 5.56 Å². The van der Waals surface area contributed by atoms with Crippen molar-refractivity contribution < 1.29 is 35.5 Å². The van der Waals surface area contributed by atoms with E-state index in [9.17, 15) is 30.7 Å². The second kappa shape index (κ2) is 6.93. The zero-order chi connectivity index (χ0) is 18.9. The van der Waals surface area contributed by atoms with Gasteiger partial charge < -0.3 is 4.74 Å². The van der Waals surface area contributed by atoms with Gasteiger partial charge in [0.1, 0.15) is 34.6 Å². The van der Waals surface area contributed by atoms with E-state index in [0.29, 0.717) is 24.3 Å². The molecular formula is C17H13F7O. The lowest BCUT2D eigenvalue weighted by Gasteiger charge is -2.21. The molecule has 0 aromatic heterocycles. The monoisotopic (exact) mass is 366 g/mol. The second-order valence-corrected chi connectivity index (χ2v) is 5.55. The summed E-state index contributed by atoms with van der Waals surface area (Å²) in [7, 11) is 0. The molecule has 0 spiro atoms. The molecule has 2 rings (SSSR count). The molecule has 2 aromatic carbocycles. The van der Waals surface area contributed by atoms with E-state index in [1.54, 1.807) is 0 Å². The van der Waals surface area contributed by atoms with Gasteiger partial charge in [-0.1, -0.05) is 6.92 Å². The molecule has 0 radical (unpaired) electrons. The SMILES string of the molecule is Cc1c(F)cc(OC(F)(F)c2c(F)cc(C(C)CF)cc2F)cc1F. The Balaban J connectivity index is 2.43. The van der Waals surface area contributed by atoms with Gasteiger partial charge in [0.25, 0.3) is 0 Å². The maximum absolute atomic E-state index is 14.1. The number of alkyl halides is 3. The molecule has 0 aliphatic carbocycles. The Morgan fingerprint density at radius 3 is 1.84 bits per heavy atom. The number of hydrogen-bond acceptors (Lipinski definition) is 1. The summed E-state index contributed by atoms with van der Waals surface area (Å²) in [5, 5.41) is 0. The lowest BCUT2D eigenvalue weighted by atomic mass is 9.99. The molecule has 0 saturated carbocycles. The second-order valence-electron chi connectivity index (χ2n) is 5.55. The zero-order valence-corrected chi connectivity index (χ0v) is 13.1. The number of benzene rings is 2. The van der Waals surface area contributed by atoms with Crippen LogP contribution in [0.4, 0.5) is 30.7 Å². The Hall–Kier alpha value is -2.25. The summed E-state index contributed by atoms with van der Waals surface area (Å²) >= 11 is 0. The fraction of sp³-hybridized carbons (Fsp3) is 0.294. The van der Waals surface area contributed by atoms with Gasteiger partial charge in [-0.2, -0.15) is 8.78 Å². The molecule has 0 saturated heterocycles. The third-order valence-electron chi connectivity index (χ3n) is 3.66. The van der Waals surface area contributed by atoms with Gasteiger partial charge in [0, 0.05) is 23.6 Å². The molecule has 0 aliphatic heterocycles. The van der Waals surface area contributed by atoms with Crippen molar-refractivity contribution >= 4 is 0 Å². The molecule has 25 heavy (non-hydrogen) atoms. The van der Waals surface area contributed by atoms with Crippen molar-refractivity contribution in [2.45, 2.75) is 25.9 Å². The van der Waals surface area contributed by atoms with Gasteiger partial charge >= 0.3 is 6.11 Å². The van der Waals surface area contributed by atoms with Crippen molar-refractivity contribution in [1.82, 2.24) is 0 Å². The highest BCUT2D eigenvalue weighted by Gasteiger charge is 2.41. The fourth-order valence-electron chi connectivity index (χ4n) is 2.12. The molecular weight excluding hydrogens is 353 g/mol. The van der Waals surface area contributed by atoms with Gasteiger partial charge in [-0.3, -0.25) is 4.39 Å². The van der Waals surface area contributed by atoms with Crippen LogP contribution in [0.3, 0.4) is 0 Å². The van der Waals surface area contributed by atoms with Crippen molar-refractivity contribution in [2.24, 2.45) is 0 Å². The van der Waals surface area contributed by atoms with Crippen molar-refractivity contribution in [3.8, 4) is 5.75 Å². The standard InChI is InChI=1S/C17H13F7O/c1-8(7-18)10-3-14(21)16(15(22)4-10)17(23,24)25-11-5-12(19)9(2)13(20)6-11/h3-6,8H,7H2,1-2H3. The summed E-state index contributed by atoms with van der Waals surface area (Å²) in [6.45, 7) is 1.46. The predicted molar refractivity (Wildman–Crippen MR) is 76.4 cm³/mol. The van der Waals surface area contributed by atoms with Gasteiger partial charge in [0.2, 0.25) is 0 Å². The molecule has 136 valence electrons. The summed E-state index contributed by atoms with van der Waals surface area (Å²) < 4.78 is 99.7. The van der Waals surface area contributed by atoms with Gasteiger partial charge in [-0.25, -0.2) is 17.6 Å². The minimum atomic E-state index is -4.54. The molecule has 0 fully saturated rings. The number of halogens is 7. The molecule has 1 atom stereocenters. The highest BCUT2D eigenvalue weighted by atomic mass is 19.3. The normalized spacial score (nSPS) is 13.0. The third-order valence-corrected chi connectivity index (χ3v) is 3.66. The minimum absolute atomic E-state index is 0.149. The van der Waals surface area contributed by atoms with Crippen LogP contribution in [-0.4, -0.2) is 6.67 Å². The lowest BCUT2D eigenvalue weighted by molar-refractivity contribution is -0.189. The Bertz CT molecular complexity index is 743. The van der Waals surface area contributed by atoms with Crippen molar-refractivity contribution in [1.29, 1.82) is 0 Å². The number of ether oxygens (including phenoxy) is 1. The molecule has 0 N–H and O–H groups in total. The fourth-order valence-corrected chi connectivity index (χ4v) is 2.12. The zero-order valence-electron chi connectivity index (χ0n) is 13.1. The molecule has 2 aromatic rings. The quantitative estimate of drug-likeness (QED) is 0.612. The van der Waals surface area contributed by atoms with Gasteiger partial charge in [0.15, 0.2) is 0 Å². The van der Waals surface area contributed by atoms with E-state index in [0.717, 1.165) is 6.92 Å². The van der Waals surface area contributed by atoms with Crippen LogP contribution in [0.2, 0.25) is 0 Å². The number of rotatable bonds is 5. The summed E-state index contributed by atoms with van der Waals surface area (Å²) in [6.07, 6.45) is -4.54. The Labute approximate surface area is 139 Å². The highest BCUT2D eigenvalue weighted by Crippen LogP contribution is 2.37. The van der Waals surface area contributed by atoms with Crippen LogP contribution in [0.15, 0.2) is 24.3 Å². The third kappa shape index (κ3) is 3.88. The van der Waals surface area contributed by atoms with Crippen molar-refractivity contribution in [3.63, 3.8) is 0 Å². The molecule has 1 nitrogen and oxygen atoms in total. The topological polar surface area (TPSA) is 9.23 Å². The summed E-state index contributed by atoms with van der Waals surface area (Å²) in [4.78, 5) is 0. The van der Waals surface area contributed by atoms with Crippen LogP contribution in [-0.2, 0) is 6.11 Å². The first-order chi connectivity index (χ1) is 11.6. The highest BCUT2D eigenvalue weighted by molar-refractivity contribution is 5.33. The van der Waals surface area contributed by atoms with E-state index in [1.165, 1.54) is 6.92 Å². The molecule has 0 heterocycles. The van der Waals surface area contributed by atoms with E-state index < -0.39 is 58.8 Å². The first-order valence-electron chi connectivity index (χ1n) is 7.14. The van der Waals surface area contributed by atoms with Crippen molar-refractivity contribution in [2.75, 3.05) is 6.67 Å². The number of hydrogen-bond donors (Lipinski definition) is 0. The largest absolute Gasteiger partial charge is 0.432 e. The Kier molecular flexibility index (Phi) is 5.29. The van der Waals surface area contributed by atoms with Crippen LogP contribution >= 0.6 is 0 Å². The van der Waals surface area contributed by atoms with E-state index in [4.69, 9.17) is 0 Å². The van der Waals surface area contributed by atoms with Crippen LogP contribution in [0.25, 0.3) is 0 Å². The van der Waals surface area contributed by atoms with E-state index in [1.807, 2.05) is 0 Å². The first-order valence-corrected chi connectivity index (χ1v) is 7.14. The predicted octanol–water partition coefficient (Wildman–Crippen LogP) is 5.75. The maximum Gasteiger partial charge on any atom is 0.432 e. The molecule has 8 heteroatoms. The average molecular weight is 366 g/mol. The van der Waals surface area contributed by atoms with E-state index in [2.05, 4.69) is 4.74 Å². The average Bonchev–Trinajstić information content (AvgIpc) is 2.50. The molecule has 0 amide bonds. The van der Waals surface area contributed by atoms with Gasteiger partial charge in [-0.05, 0) is 24.6 Å². The van der Waals surface area contributed by atoms with Crippen LogP contribution in [0.1, 0.15) is 29.5 Å².